The van der Waals surface area contributed by atoms with Crippen LogP contribution in [0.1, 0.15) is 22.3 Å². The Labute approximate surface area is 396 Å². The molecular formula is C64H42N4. The maximum atomic E-state index is 5.11. The van der Waals surface area contributed by atoms with E-state index in [1.807, 2.05) is 36.4 Å². The monoisotopic (exact) mass is 866 g/mol. The highest BCUT2D eigenvalue weighted by Crippen LogP contribution is 2.63. The van der Waals surface area contributed by atoms with Gasteiger partial charge in [-0.15, -0.1) is 0 Å². The minimum absolute atomic E-state index is 0.494. The van der Waals surface area contributed by atoms with Crippen molar-refractivity contribution in [3.63, 3.8) is 0 Å². The van der Waals surface area contributed by atoms with Gasteiger partial charge in [0, 0.05) is 22.4 Å². The average Bonchev–Trinajstić information content (AvgIpc) is 3.71. The molecule has 0 unspecified atom stereocenters. The number of nitrogens with zero attached hydrogens (tertiary/aromatic N) is 4. The highest BCUT2D eigenvalue weighted by Gasteiger charge is 2.51. The zero-order valence-corrected chi connectivity index (χ0v) is 37.0. The highest BCUT2D eigenvalue weighted by atomic mass is 15.2. The van der Waals surface area contributed by atoms with Gasteiger partial charge in [-0.05, 0) is 109 Å². The van der Waals surface area contributed by atoms with Gasteiger partial charge < -0.3 is 4.90 Å². The predicted octanol–water partition coefficient (Wildman–Crippen LogP) is 16.0. The average molecular weight is 867 g/mol. The van der Waals surface area contributed by atoms with Gasteiger partial charge in [0.1, 0.15) is 0 Å². The number of hydrogen-bond acceptors (Lipinski definition) is 4. The third-order valence-electron chi connectivity index (χ3n) is 13.7. The normalized spacial score (nSPS) is 12.8. The van der Waals surface area contributed by atoms with Gasteiger partial charge in [-0.25, -0.2) is 15.0 Å². The molecule has 1 spiro atoms. The molecule has 318 valence electrons. The Morgan fingerprint density at radius 2 is 0.632 bits per heavy atom. The van der Waals surface area contributed by atoms with Crippen LogP contribution in [0.2, 0.25) is 0 Å². The summed E-state index contributed by atoms with van der Waals surface area (Å²) in [5.74, 6) is 1.90. The van der Waals surface area contributed by atoms with Crippen molar-refractivity contribution in [3.8, 4) is 78.7 Å². The minimum atomic E-state index is -0.494. The number of aromatic nitrogens is 3. The number of hydrogen-bond donors (Lipinski definition) is 0. The highest BCUT2D eigenvalue weighted by molar-refractivity contribution is 5.97. The summed E-state index contributed by atoms with van der Waals surface area (Å²) in [6, 6.07) is 91.3. The Balaban J connectivity index is 0.892. The van der Waals surface area contributed by atoms with E-state index in [1.54, 1.807) is 0 Å². The molecule has 1 aliphatic heterocycles. The summed E-state index contributed by atoms with van der Waals surface area (Å²) in [6.45, 7) is 0. The van der Waals surface area contributed by atoms with Crippen LogP contribution in [0.25, 0.3) is 78.7 Å². The van der Waals surface area contributed by atoms with Gasteiger partial charge in [-0.2, -0.15) is 0 Å². The summed E-state index contributed by atoms with van der Waals surface area (Å²) < 4.78 is 0. The van der Waals surface area contributed by atoms with E-state index < -0.39 is 5.41 Å². The Bertz CT molecular complexity index is 3630. The molecule has 4 heteroatoms. The van der Waals surface area contributed by atoms with Crippen LogP contribution < -0.4 is 4.90 Å². The van der Waals surface area contributed by atoms with E-state index in [4.69, 9.17) is 15.0 Å². The predicted molar refractivity (Wildman–Crippen MR) is 278 cm³/mol. The Morgan fingerprint density at radius 1 is 0.250 bits per heavy atom. The number of benzene rings is 10. The van der Waals surface area contributed by atoms with Crippen molar-refractivity contribution in [2.45, 2.75) is 5.41 Å². The topological polar surface area (TPSA) is 41.9 Å². The quantitative estimate of drug-likeness (QED) is 0.160. The van der Waals surface area contributed by atoms with E-state index in [1.165, 1.54) is 55.9 Å². The maximum absolute atomic E-state index is 5.11. The summed E-state index contributed by atoms with van der Waals surface area (Å²) in [5.41, 5.74) is 20.4. The third kappa shape index (κ3) is 6.41. The molecule has 4 nitrogen and oxygen atoms in total. The smallest absolute Gasteiger partial charge is 0.164 e. The summed E-state index contributed by atoms with van der Waals surface area (Å²) in [4.78, 5) is 17.6. The van der Waals surface area contributed by atoms with E-state index in [-0.39, 0.29) is 0 Å². The molecule has 68 heavy (non-hydrogen) atoms. The van der Waals surface area contributed by atoms with E-state index in [0.29, 0.717) is 17.5 Å². The van der Waals surface area contributed by atoms with Crippen molar-refractivity contribution in [2.75, 3.05) is 4.90 Å². The third-order valence-corrected chi connectivity index (χ3v) is 13.7. The van der Waals surface area contributed by atoms with Crippen molar-refractivity contribution in [1.82, 2.24) is 15.0 Å². The Hall–Kier alpha value is -8.99. The second-order valence-corrected chi connectivity index (χ2v) is 17.5. The molecule has 1 aromatic heterocycles. The van der Waals surface area contributed by atoms with Crippen LogP contribution in [0.4, 0.5) is 17.1 Å². The van der Waals surface area contributed by atoms with Crippen LogP contribution in [0, 0.1) is 0 Å². The van der Waals surface area contributed by atoms with Crippen molar-refractivity contribution < 1.29 is 0 Å². The lowest BCUT2D eigenvalue weighted by Gasteiger charge is -2.45. The van der Waals surface area contributed by atoms with Crippen LogP contribution in [0.3, 0.4) is 0 Å². The molecule has 0 amide bonds. The van der Waals surface area contributed by atoms with Crippen molar-refractivity contribution in [3.05, 3.63) is 277 Å². The van der Waals surface area contributed by atoms with Crippen molar-refractivity contribution in [2.24, 2.45) is 0 Å². The van der Waals surface area contributed by atoms with Crippen LogP contribution in [0.5, 0.6) is 0 Å². The summed E-state index contributed by atoms with van der Waals surface area (Å²) in [5, 5.41) is 0. The lowest BCUT2D eigenvalue weighted by Crippen LogP contribution is -2.36. The molecule has 2 aliphatic rings. The fourth-order valence-corrected chi connectivity index (χ4v) is 10.7. The Kier molecular flexibility index (Phi) is 9.36. The molecule has 0 fully saturated rings. The van der Waals surface area contributed by atoms with E-state index in [9.17, 15) is 0 Å². The van der Waals surface area contributed by atoms with Gasteiger partial charge in [-0.1, -0.05) is 212 Å². The molecule has 0 bridgehead atoms. The molecule has 13 rings (SSSR count). The lowest BCUT2D eigenvalue weighted by atomic mass is 9.64. The van der Waals surface area contributed by atoms with Crippen LogP contribution in [-0.2, 0) is 5.41 Å². The first-order valence-electron chi connectivity index (χ1n) is 23.2. The summed E-state index contributed by atoms with van der Waals surface area (Å²) in [7, 11) is 0. The summed E-state index contributed by atoms with van der Waals surface area (Å²) >= 11 is 0. The zero-order valence-electron chi connectivity index (χ0n) is 37.0. The number of rotatable bonds is 7. The summed E-state index contributed by atoms with van der Waals surface area (Å²) in [6.07, 6.45) is 0. The van der Waals surface area contributed by atoms with Gasteiger partial charge in [0.2, 0.25) is 0 Å². The van der Waals surface area contributed by atoms with Gasteiger partial charge in [0.05, 0.1) is 16.8 Å². The fourth-order valence-electron chi connectivity index (χ4n) is 10.7. The maximum Gasteiger partial charge on any atom is 0.164 e. The molecule has 0 radical (unpaired) electrons. The molecule has 0 saturated heterocycles. The lowest BCUT2D eigenvalue weighted by molar-refractivity contribution is 0.753. The molecule has 0 N–H and O–H groups in total. The van der Waals surface area contributed by atoms with Crippen molar-refractivity contribution >= 4 is 17.1 Å². The first kappa shape index (κ1) is 39.4. The first-order valence-corrected chi connectivity index (χ1v) is 23.2. The molecule has 10 aromatic carbocycles. The largest absolute Gasteiger partial charge is 0.310 e. The molecule has 2 heterocycles. The number of anilines is 3. The first-order chi connectivity index (χ1) is 33.7. The van der Waals surface area contributed by atoms with Gasteiger partial charge >= 0.3 is 0 Å². The van der Waals surface area contributed by atoms with E-state index in [0.717, 1.165) is 44.6 Å². The van der Waals surface area contributed by atoms with Gasteiger partial charge in [0.15, 0.2) is 17.5 Å². The Morgan fingerprint density at radius 3 is 1.25 bits per heavy atom. The standard InChI is InChI=1S/C64H42N4/c1-4-18-43(19-5-1)44-34-36-46(37-35-44)62-65-61(45-20-6-2-7-21-45)66-63(67-62)51-25-17-24-49(41-51)47-22-16-23-48(40-47)50-38-39-56-54(42-50)53-28-10-11-29-55(53)64(56)57-30-12-14-32-59(57)68(52-26-8-3-9-27-52)60-33-15-13-31-58(60)64/h1-42H. The van der Waals surface area contributed by atoms with Crippen LogP contribution in [0.15, 0.2) is 255 Å². The van der Waals surface area contributed by atoms with Crippen LogP contribution in [-0.4, -0.2) is 15.0 Å². The molecule has 0 saturated carbocycles. The molecular weight excluding hydrogens is 825 g/mol. The molecule has 1 aliphatic carbocycles. The second kappa shape index (κ2) is 16.2. The molecule has 11 aromatic rings. The van der Waals surface area contributed by atoms with Crippen molar-refractivity contribution in [1.29, 1.82) is 0 Å². The van der Waals surface area contributed by atoms with Gasteiger partial charge in [-0.3, -0.25) is 0 Å². The number of fused-ring (bicyclic) bond motifs is 9. The second-order valence-electron chi connectivity index (χ2n) is 17.5. The molecule has 0 atom stereocenters. The van der Waals surface area contributed by atoms with E-state index >= 15 is 0 Å². The van der Waals surface area contributed by atoms with Crippen LogP contribution >= 0.6 is 0 Å². The number of para-hydroxylation sites is 3. The van der Waals surface area contributed by atoms with E-state index in [2.05, 4.69) is 223 Å². The van der Waals surface area contributed by atoms with Gasteiger partial charge in [0.25, 0.3) is 0 Å². The SMILES string of the molecule is c1ccc(-c2ccc(-c3nc(-c4ccccc4)nc(-c4cccc(-c5cccc(-c6ccc7c(c6)-c6ccccc6C76c7ccccc7N(c7ccccc7)c7ccccc76)c5)c4)n3)cc2)cc1. The minimum Gasteiger partial charge on any atom is -0.310 e. The fraction of sp³-hybridized carbons (Fsp3) is 0.0156. The zero-order chi connectivity index (χ0) is 45.0.